The van der Waals surface area contributed by atoms with Crippen molar-refractivity contribution in [2.75, 3.05) is 6.61 Å². The minimum atomic E-state index is -0.699. The second-order valence-electron chi connectivity index (χ2n) is 6.26. The van der Waals surface area contributed by atoms with Crippen molar-refractivity contribution in [3.8, 4) is 0 Å². The lowest BCUT2D eigenvalue weighted by Gasteiger charge is -2.14. The van der Waals surface area contributed by atoms with E-state index in [1.165, 1.54) is 0 Å². The average Bonchev–Trinajstić information content (AvgIpc) is 2.87. The number of rotatable bonds is 6. The van der Waals surface area contributed by atoms with Crippen LogP contribution in [0.15, 0.2) is 24.3 Å². The van der Waals surface area contributed by atoms with Crippen LogP contribution in [-0.2, 0) is 9.53 Å². The lowest BCUT2D eigenvalue weighted by molar-refractivity contribution is -0.124. The quantitative estimate of drug-likeness (QED) is 0.672. The smallest absolute Gasteiger partial charge is 0.355 e. The number of benzene rings is 1. The van der Waals surface area contributed by atoms with Crippen molar-refractivity contribution in [2.24, 2.45) is 0 Å². The molecule has 0 aliphatic heterocycles. The summed E-state index contributed by atoms with van der Waals surface area (Å²) < 4.78 is 5.09. The van der Waals surface area contributed by atoms with Gasteiger partial charge in [0.25, 0.3) is 5.91 Å². The first-order chi connectivity index (χ1) is 12.2. The van der Waals surface area contributed by atoms with Gasteiger partial charge >= 0.3 is 5.97 Å². The van der Waals surface area contributed by atoms with Crippen LogP contribution < -0.4 is 5.32 Å². The first kappa shape index (κ1) is 20.0. The molecule has 0 bridgehead atoms. The standard InChI is InChI=1S/C19H23ClN2O4/c1-10-17(13(4)23)12(3)22-18(10)19(25)26-9-16(24)21-11(2)14-6-5-7-15(20)8-14/h5-8,11,13,22-23H,9H2,1-4H3,(H,21,24)/t11-,13+/m0/s1. The van der Waals surface area contributed by atoms with E-state index in [0.29, 0.717) is 21.8 Å². The molecule has 1 amide bonds. The van der Waals surface area contributed by atoms with Crippen molar-refractivity contribution in [1.82, 2.24) is 10.3 Å². The highest BCUT2D eigenvalue weighted by Gasteiger charge is 2.21. The number of aliphatic hydroxyl groups is 1. The number of esters is 1. The van der Waals surface area contributed by atoms with E-state index in [4.69, 9.17) is 16.3 Å². The van der Waals surface area contributed by atoms with Crippen molar-refractivity contribution >= 4 is 23.5 Å². The number of aromatic amines is 1. The van der Waals surface area contributed by atoms with Crippen LogP contribution in [-0.4, -0.2) is 28.6 Å². The zero-order valence-corrected chi connectivity index (χ0v) is 16.0. The van der Waals surface area contributed by atoms with Crippen LogP contribution >= 0.6 is 11.6 Å². The molecular formula is C19H23ClN2O4. The van der Waals surface area contributed by atoms with Crippen molar-refractivity contribution in [1.29, 1.82) is 0 Å². The molecule has 1 aromatic carbocycles. The second kappa shape index (κ2) is 8.38. The molecule has 0 fully saturated rings. The number of nitrogens with one attached hydrogen (secondary N) is 2. The second-order valence-corrected chi connectivity index (χ2v) is 6.70. The van der Waals surface area contributed by atoms with Crippen LogP contribution in [0.5, 0.6) is 0 Å². The fourth-order valence-corrected chi connectivity index (χ4v) is 3.14. The number of hydrogen-bond donors (Lipinski definition) is 3. The maximum absolute atomic E-state index is 12.2. The van der Waals surface area contributed by atoms with Gasteiger partial charge in [-0.05, 0) is 51.0 Å². The molecule has 0 aliphatic rings. The normalized spacial score (nSPS) is 13.2. The number of ether oxygens (including phenoxy) is 1. The van der Waals surface area contributed by atoms with Gasteiger partial charge in [0.2, 0.25) is 0 Å². The Bertz CT molecular complexity index is 814. The van der Waals surface area contributed by atoms with Gasteiger partial charge in [-0.1, -0.05) is 23.7 Å². The molecule has 3 N–H and O–H groups in total. The summed E-state index contributed by atoms with van der Waals surface area (Å²) in [5.74, 6) is -1.05. The highest BCUT2D eigenvalue weighted by molar-refractivity contribution is 6.30. The van der Waals surface area contributed by atoms with Crippen LogP contribution in [0.2, 0.25) is 5.02 Å². The molecule has 2 atom stereocenters. The van der Waals surface area contributed by atoms with E-state index >= 15 is 0 Å². The van der Waals surface area contributed by atoms with Gasteiger partial charge in [-0.2, -0.15) is 0 Å². The molecule has 140 valence electrons. The Kier molecular flexibility index (Phi) is 6.45. The molecule has 26 heavy (non-hydrogen) atoms. The number of aromatic nitrogens is 1. The van der Waals surface area contributed by atoms with Gasteiger partial charge in [-0.15, -0.1) is 0 Å². The lowest BCUT2D eigenvalue weighted by atomic mass is 10.1. The highest BCUT2D eigenvalue weighted by Crippen LogP contribution is 2.24. The molecule has 1 heterocycles. The molecule has 7 heteroatoms. The molecular weight excluding hydrogens is 356 g/mol. The van der Waals surface area contributed by atoms with Gasteiger partial charge in [-0.3, -0.25) is 4.79 Å². The van der Waals surface area contributed by atoms with Crippen LogP contribution in [0.25, 0.3) is 0 Å². The summed E-state index contributed by atoms with van der Waals surface area (Å²) >= 11 is 5.94. The number of halogens is 1. The summed E-state index contributed by atoms with van der Waals surface area (Å²) in [6, 6.07) is 6.91. The number of H-pyrrole nitrogens is 1. The Balaban J connectivity index is 1.95. The lowest BCUT2D eigenvalue weighted by Crippen LogP contribution is -2.31. The van der Waals surface area contributed by atoms with Gasteiger partial charge in [0.15, 0.2) is 6.61 Å². The largest absolute Gasteiger partial charge is 0.451 e. The number of hydrogen-bond acceptors (Lipinski definition) is 4. The van der Waals surface area contributed by atoms with E-state index in [0.717, 1.165) is 5.56 Å². The Morgan fingerprint density at radius 3 is 2.58 bits per heavy atom. The summed E-state index contributed by atoms with van der Waals surface area (Å²) in [5, 5.41) is 13.1. The summed E-state index contributed by atoms with van der Waals surface area (Å²) in [4.78, 5) is 27.2. The number of aryl methyl sites for hydroxylation is 1. The number of carbonyl (C=O) groups is 2. The van der Waals surface area contributed by atoms with Crippen LogP contribution in [0.4, 0.5) is 0 Å². The van der Waals surface area contributed by atoms with Gasteiger partial charge in [0, 0.05) is 16.3 Å². The van der Waals surface area contributed by atoms with Crippen molar-refractivity contribution in [2.45, 2.75) is 39.8 Å². The first-order valence-corrected chi connectivity index (χ1v) is 8.67. The molecule has 1 aromatic heterocycles. The zero-order chi connectivity index (χ0) is 19.4. The number of carbonyl (C=O) groups excluding carboxylic acids is 2. The first-order valence-electron chi connectivity index (χ1n) is 8.29. The zero-order valence-electron chi connectivity index (χ0n) is 15.2. The third-order valence-corrected chi connectivity index (χ3v) is 4.41. The minimum absolute atomic E-state index is 0.245. The Morgan fingerprint density at radius 2 is 2.00 bits per heavy atom. The summed E-state index contributed by atoms with van der Waals surface area (Å²) in [7, 11) is 0. The Hall–Kier alpha value is -2.31. The maximum atomic E-state index is 12.2. The fourth-order valence-electron chi connectivity index (χ4n) is 2.94. The molecule has 0 aliphatic carbocycles. The number of aliphatic hydroxyl groups excluding tert-OH is 1. The van der Waals surface area contributed by atoms with E-state index in [1.54, 1.807) is 39.0 Å². The van der Waals surface area contributed by atoms with Crippen LogP contribution in [0.1, 0.15) is 58.9 Å². The molecule has 0 unspecified atom stereocenters. The predicted molar refractivity (Wildman–Crippen MR) is 99.2 cm³/mol. The maximum Gasteiger partial charge on any atom is 0.355 e. The van der Waals surface area contributed by atoms with Crippen molar-refractivity contribution < 1.29 is 19.4 Å². The minimum Gasteiger partial charge on any atom is -0.451 e. The molecule has 6 nitrogen and oxygen atoms in total. The third kappa shape index (κ3) is 4.65. The molecule has 0 radical (unpaired) electrons. The van der Waals surface area contributed by atoms with Gasteiger partial charge in [-0.25, -0.2) is 4.79 Å². The summed E-state index contributed by atoms with van der Waals surface area (Å²) in [5.41, 5.74) is 3.08. The van der Waals surface area contributed by atoms with E-state index in [9.17, 15) is 14.7 Å². The average molecular weight is 379 g/mol. The molecule has 0 saturated carbocycles. The van der Waals surface area contributed by atoms with Gasteiger partial charge in [0.1, 0.15) is 5.69 Å². The van der Waals surface area contributed by atoms with E-state index in [2.05, 4.69) is 10.3 Å². The third-order valence-electron chi connectivity index (χ3n) is 4.18. The van der Waals surface area contributed by atoms with E-state index in [-0.39, 0.29) is 11.7 Å². The summed E-state index contributed by atoms with van der Waals surface area (Å²) in [6.07, 6.45) is -0.699. The molecule has 2 aromatic rings. The van der Waals surface area contributed by atoms with Gasteiger partial charge in [0.05, 0.1) is 12.1 Å². The van der Waals surface area contributed by atoms with E-state index < -0.39 is 24.6 Å². The van der Waals surface area contributed by atoms with Crippen molar-refractivity contribution in [3.63, 3.8) is 0 Å². The van der Waals surface area contributed by atoms with E-state index in [1.807, 2.05) is 13.0 Å². The SMILES string of the molecule is Cc1[nH]c(C(=O)OCC(=O)N[C@@H](C)c2cccc(Cl)c2)c(C)c1[C@@H](C)O. The Labute approximate surface area is 157 Å². The molecule has 0 saturated heterocycles. The van der Waals surface area contributed by atoms with Gasteiger partial charge < -0.3 is 20.1 Å². The summed E-state index contributed by atoms with van der Waals surface area (Å²) in [6.45, 7) is 6.54. The fraction of sp³-hybridized carbons (Fsp3) is 0.368. The molecule has 0 spiro atoms. The Morgan fingerprint density at radius 1 is 1.31 bits per heavy atom. The number of amides is 1. The highest BCUT2D eigenvalue weighted by atomic mass is 35.5. The van der Waals surface area contributed by atoms with Crippen molar-refractivity contribution in [3.05, 3.63) is 57.4 Å². The van der Waals surface area contributed by atoms with Crippen LogP contribution in [0.3, 0.4) is 0 Å². The van der Waals surface area contributed by atoms with Crippen LogP contribution in [0, 0.1) is 13.8 Å². The monoisotopic (exact) mass is 378 g/mol. The molecule has 2 rings (SSSR count). The topological polar surface area (TPSA) is 91.4 Å². The predicted octanol–water partition coefficient (Wildman–Crippen LogP) is 3.37.